The molecule has 3 atom stereocenters. The number of benzene rings is 1. The lowest BCUT2D eigenvalue weighted by molar-refractivity contribution is -0.137. The normalized spacial score (nSPS) is 33.5. The molecule has 2 amide bonds. The number of carbonyl (C=O) groups excluding carboxylic acids is 2. The molecule has 2 aliphatic heterocycles. The van der Waals surface area contributed by atoms with E-state index in [-0.39, 0.29) is 53.6 Å². The predicted octanol–water partition coefficient (Wildman–Crippen LogP) is 3.64. The number of aliphatic hydroxyl groups is 1. The van der Waals surface area contributed by atoms with Gasteiger partial charge in [-0.25, -0.2) is 0 Å². The monoisotopic (exact) mass is 465 g/mol. The summed E-state index contributed by atoms with van der Waals surface area (Å²) in [4.78, 5) is 28.8. The molecule has 1 aromatic carbocycles. The molecule has 4 aliphatic rings. The molecule has 9 heteroatoms. The molecular formula is C24H30F3N3O3. The number of fused-ring (bicyclic) bond motifs is 1. The molecule has 2 unspecified atom stereocenters. The highest BCUT2D eigenvalue weighted by atomic mass is 19.4. The molecule has 2 heterocycles. The van der Waals surface area contributed by atoms with E-state index in [0.29, 0.717) is 38.9 Å². The first-order valence-electron chi connectivity index (χ1n) is 11.9. The topological polar surface area (TPSA) is 72.9 Å². The largest absolute Gasteiger partial charge is 0.418 e. The second kappa shape index (κ2) is 7.89. The van der Waals surface area contributed by atoms with Crippen LogP contribution in [0.15, 0.2) is 18.2 Å². The second-order valence-corrected chi connectivity index (χ2v) is 10.0. The van der Waals surface area contributed by atoms with Crippen molar-refractivity contribution in [1.29, 1.82) is 0 Å². The number of halogens is 3. The standard InChI is InChI=1S/C24H30F3N3O3/c1-2-21(32)28-14-3-8-20(18(11-14)24(25,26)27)29-10-9-17-19-12-30(22(33)23(17,19)13-29)15-4-6-16(31)7-5-15/h3,8,11,15-17,19,31H,2,4-7,9-10,12-13H2,1H3,(H,28,32)/t15?,16?,17?,19?,23-/m1/s1. The maximum absolute atomic E-state index is 14.0. The Hall–Kier alpha value is -2.29. The summed E-state index contributed by atoms with van der Waals surface area (Å²) in [6.07, 6.45) is -1.03. The van der Waals surface area contributed by atoms with E-state index in [2.05, 4.69) is 5.32 Å². The van der Waals surface area contributed by atoms with E-state index < -0.39 is 17.2 Å². The van der Waals surface area contributed by atoms with E-state index in [4.69, 9.17) is 0 Å². The first-order valence-corrected chi connectivity index (χ1v) is 11.9. The van der Waals surface area contributed by atoms with Crippen molar-refractivity contribution in [2.24, 2.45) is 17.3 Å². The highest BCUT2D eigenvalue weighted by Crippen LogP contribution is 2.68. The van der Waals surface area contributed by atoms with Gasteiger partial charge in [-0.15, -0.1) is 0 Å². The summed E-state index contributed by atoms with van der Waals surface area (Å²) in [5, 5.41) is 12.3. The molecule has 2 saturated heterocycles. The average Bonchev–Trinajstić information content (AvgIpc) is 3.35. The number of carbonyl (C=O) groups is 2. The number of alkyl halides is 3. The van der Waals surface area contributed by atoms with Gasteiger partial charge in [0.1, 0.15) is 0 Å². The summed E-state index contributed by atoms with van der Waals surface area (Å²) in [5.74, 6) is 0.204. The van der Waals surface area contributed by atoms with Crippen molar-refractivity contribution in [2.75, 3.05) is 29.9 Å². The molecule has 4 fully saturated rings. The van der Waals surface area contributed by atoms with E-state index in [1.807, 2.05) is 4.90 Å². The number of rotatable bonds is 4. The van der Waals surface area contributed by atoms with Crippen molar-refractivity contribution in [1.82, 2.24) is 4.90 Å². The summed E-state index contributed by atoms with van der Waals surface area (Å²) in [7, 11) is 0. The molecule has 0 radical (unpaired) electrons. The Bertz CT molecular complexity index is 960. The lowest BCUT2D eigenvalue weighted by Crippen LogP contribution is -2.48. The van der Waals surface area contributed by atoms with Crippen LogP contribution in [0.4, 0.5) is 24.5 Å². The van der Waals surface area contributed by atoms with Gasteiger partial charge in [-0.3, -0.25) is 9.59 Å². The molecular weight excluding hydrogens is 435 g/mol. The maximum atomic E-state index is 14.0. The van der Waals surface area contributed by atoms with Crippen LogP contribution in [0, 0.1) is 17.3 Å². The van der Waals surface area contributed by atoms with E-state index in [1.165, 1.54) is 12.1 Å². The Morgan fingerprint density at radius 2 is 1.91 bits per heavy atom. The number of likely N-dealkylation sites (tertiary alicyclic amines) is 1. The lowest BCUT2D eigenvalue weighted by Gasteiger charge is -2.39. The first-order chi connectivity index (χ1) is 15.6. The van der Waals surface area contributed by atoms with Crippen LogP contribution in [0.3, 0.4) is 0 Å². The highest BCUT2D eigenvalue weighted by molar-refractivity contribution is 5.92. The van der Waals surface area contributed by atoms with Gasteiger partial charge in [-0.2, -0.15) is 13.2 Å². The quantitative estimate of drug-likeness (QED) is 0.712. The van der Waals surface area contributed by atoms with E-state index >= 15 is 0 Å². The van der Waals surface area contributed by atoms with E-state index in [1.54, 1.807) is 11.8 Å². The molecule has 6 nitrogen and oxygen atoms in total. The molecule has 180 valence electrons. The minimum Gasteiger partial charge on any atom is -0.393 e. The van der Waals surface area contributed by atoms with Crippen molar-refractivity contribution in [3.63, 3.8) is 0 Å². The van der Waals surface area contributed by atoms with E-state index in [9.17, 15) is 27.9 Å². The number of hydrogen-bond acceptors (Lipinski definition) is 4. The Morgan fingerprint density at radius 1 is 1.18 bits per heavy atom. The SMILES string of the molecule is CCC(=O)Nc1ccc(N2CCC3C4CN(C5CCC(O)CC5)C(=O)[C@]34C2)c(C(F)(F)F)c1. The number of amides is 2. The first kappa shape index (κ1) is 22.5. The summed E-state index contributed by atoms with van der Waals surface area (Å²) in [6, 6.07) is 4.05. The third-order valence-corrected chi connectivity index (χ3v) is 8.27. The average molecular weight is 466 g/mol. The van der Waals surface area contributed by atoms with Crippen LogP contribution >= 0.6 is 0 Å². The van der Waals surface area contributed by atoms with Crippen molar-refractivity contribution < 1.29 is 27.9 Å². The Kier molecular flexibility index (Phi) is 5.38. The van der Waals surface area contributed by atoms with Crippen LogP contribution < -0.4 is 10.2 Å². The van der Waals surface area contributed by atoms with Crippen LogP contribution in [0.25, 0.3) is 0 Å². The van der Waals surface area contributed by atoms with Gasteiger partial charge in [0, 0.05) is 43.5 Å². The van der Waals surface area contributed by atoms with Crippen LogP contribution in [0.2, 0.25) is 0 Å². The lowest BCUT2D eigenvalue weighted by atomic mass is 9.90. The smallest absolute Gasteiger partial charge is 0.393 e. The minimum atomic E-state index is -4.57. The number of nitrogens with zero attached hydrogens (tertiary/aromatic N) is 2. The van der Waals surface area contributed by atoms with Gasteiger partial charge in [-0.05, 0) is 62.1 Å². The zero-order valence-corrected chi connectivity index (χ0v) is 18.7. The minimum absolute atomic E-state index is 0.0718. The summed E-state index contributed by atoms with van der Waals surface area (Å²) in [6.45, 7) is 3.11. The third kappa shape index (κ3) is 3.68. The fraction of sp³-hybridized carbons (Fsp3) is 0.667. The van der Waals surface area contributed by atoms with E-state index in [0.717, 1.165) is 18.9 Å². The third-order valence-electron chi connectivity index (χ3n) is 8.27. The Balaban J connectivity index is 1.38. The molecule has 0 aromatic heterocycles. The summed E-state index contributed by atoms with van der Waals surface area (Å²) >= 11 is 0. The second-order valence-electron chi connectivity index (χ2n) is 10.0. The fourth-order valence-electron chi connectivity index (χ4n) is 6.48. The Labute approximate surface area is 191 Å². The molecule has 2 aliphatic carbocycles. The van der Waals surface area contributed by atoms with Gasteiger partial charge in [0.05, 0.1) is 17.1 Å². The van der Waals surface area contributed by atoms with Gasteiger partial charge < -0.3 is 20.2 Å². The molecule has 5 rings (SSSR count). The number of aliphatic hydroxyl groups excluding tert-OH is 1. The van der Waals surface area contributed by atoms with Crippen LogP contribution in [0.1, 0.15) is 51.0 Å². The van der Waals surface area contributed by atoms with Gasteiger partial charge >= 0.3 is 6.18 Å². The molecule has 33 heavy (non-hydrogen) atoms. The molecule has 0 bridgehead atoms. The van der Waals surface area contributed by atoms with Crippen LogP contribution in [-0.2, 0) is 15.8 Å². The zero-order chi connectivity index (χ0) is 23.5. The molecule has 1 aromatic rings. The highest BCUT2D eigenvalue weighted by Gasteiger charge is 2.76. The van der Waals surface area contributed by atoms with Crippen molar-refractivity contribution >= 4 is 23.2 Å². The number of hydrogen-bond donors (Lipinski definition) is 2. The zero-order valence-electron chi connectivity index (χ0n) is 18.7. The van der Waals surface area contributed by atoms with Crippen molar-refractivity contribution in [3.8, 4) is 0 Å². The molecule has 2 N–H and O–H groups in total. The van der Waals surface area contributed by atoms with Crippen molar-refractivity contribution in [2.45, 2.75) is 63.8 Å². The van der Waals surface area contributed by atoms with Gasteiger partial charge in [0.25, 0.3) is 0 Å². The molecule has 1 spiro atoms. The van der Waals surface area contributed by atoms with Gasteiger partial charge in [-0.1, -0.05) is 6.92 Å². The maximum Gasteiger partial charge on any atom is 0.418 e. The number of nitrogens with one attached hydrogen (secondary N) is 1. The fourth-order valence-corrected chi connectivity index (χ4v) is 6.48. The molecule has 2 saturated carbocycles. The Morgan fingerprint density at radius 3 is 2.58 bits per heavy atom. The number of anilines is 2. The van der Waals surface area contributed by atoms with Gasteiger partial charge in [0.2, 0.25) is 11.8 Å². The summed E-state index contributed by atoms with van der Waals surface area (Å²) in [5.41, 5.74) is -1.17. The van der Waals surface area contributed by atoms with Gasteiger partial charge in [0.15, 0.2) is 0 Å². The predicted molar refractivity (Wildman–Crippen MR) is 117 cm³/mol. The van der Waals surface area contributed by atoms with Crippen LogP contribution in [0.5, 0.6) is 0 Å². The van der Waals surface area contributed by atoms with Crippen LogP contribution in [-0.4, -0.2) is 53.6 Å². The summed E-state index contributed by atoms with van der Waals surface area (Å²) < 4.78 is 41.9. The number of piperidine rings is 2. The van der Waals surface area contributed by atoms with Crippen molar-refractivity contribution in [3.05, 3.63) is 23.8 Å².